The van der Waals surface area contributed by atoms with Gasteiger partial charge in [0.1, 0.15) is 0 Å². The maximum Gasteiger partial charge on any atom is 0.321 e. The molecule has 1 saturated heterocycles. The second-order valence-corrected chi connectivity index (χ2v) is 7.66. The first-order valence-corrected chi connectivity index (χ1v) is 9.52. The molecule has 0 saturated carbocycles. The minimum absolute atomic E-state index is 0. The zero-order valence-electron chi connectivity index (χ0n) is 16.5. The fraction of sp³-hybridized carbons (Fsp3) is 0.600. The van der Waals surface area contributed by atoms with Crippen LogP contribution in [0.25, 0.3) is 0 Å². The number of likely N-dealkylation sites (tertiary alicyclic amines) is 1. The van der Waals surface area contributed by atoms with Gasteiger partial charge in [0.05, 0.1) is 5.92 Å². The Balaban J connectivity index is 0.00000364. The molecule has 1 heterocycles. The van der Waals surface area contributed by atoms with Crippen LogP contribution in [0.2, 0.25) is 0 Å². The van der Waals surface area contributed by atoms with Gasteiger partial charge in [-0.3, -0.25) is 4.79 Å². The van der Waals surface area contributed by atoms with Crippen LogP contribution in [0.4, 0.5) is 10.5 Å². The van der Waals surface area contributed by atoms with Crippen LogP contribution in [0.3, 0.4) is 0 Å². The first-order chi connectivity index (χ1) is 12.4. The molecule has 1 aromatic carbocycles. The molecule has 2 rings (SSSR count). The molecule has 0 aromatic heterocycles. The molecule has 152 valence electrons. The van der Waals surface area contributed by atoms with Gasteiger partial charge in [-0.15, -0.1) is 12.4 Å². The number of nitrogens with one attached hydrogen (secondary N) is 2. The predicted octanol–water partition coefficient (Wildman–Crippen LogP) is 3.15. The van der Waals surface area contributed by atoms with Gasteiger partial charge in [0.25, 0.3) is 0 Å². The van der Waals surface area contributed by atoms with Crippen molar-refractivity contribution in [3.63, 3.8) is 0 Å². The summed E-state index contributed by atoms with van der Waals surface area (Å²) < 4.78 is 0. The van der Waals surface area contributed by atoms with Crippen LogP contribution >= 0.6 is 12.4 Å². The Labute approximate surface area is 168 Å². The number of aryl methyl sites for hydroxylation is 1. The molecule has 1 aliphatic heterocycles. The summed E-state index contributed by atoms with van der Waals surface area (Å²) in [6, 6.07) is 7.56. The number of amides is 3. The summed E-state index contributed by atoms with van der Waals surface area (Å²) in [6.07, 6.45) is 2.50. The molecule has 1 fully saturated rings. The maximum absolute atomic E-state index is 12.6. The minimum atomic E-state index is -0.173. The molecule has 1 aromatic rings. The molecule has 4 N–H and O–H groups in total. The zero-order chi connectivity index (χ0) is 19.1. The number of carbonyl (C=O) groups excluding carboxylic acids is 2. The topological polar surface area (TPSA) is 87.5 Å². The van der Waals surface area contributed by atoms with Gasteiger partial charge in [-0.2, -0.15) is 0 Å². The highest BCUT2D eigenvalue weighted by molar-refractivity contribution is 5.90. The molecular weight excluding hydrogens is 364 g/mol. The average Bonchev–Trinajstić information content (AvgIpc) is 2.60. The van der Waals surface area contributed by atoms with Crippen molar-refractivity contribution in [2.75, 3.05) is 25.0 Å². The van der Waals surface area contributed by atoms with E-state index in [2.05, 4.69) is 24.5 Å². The number of halogens is 1. The minimum Gasteiger partial charge on any atom is -0.352 e. The second-order valence-electron chi connectivity index (χ2n) is 7.66. The van der Waals surface area contributed by atoms with E-state index >= 15 is 0 Å². The normalized spacial score (nSPS) is 17.8. The monoisotopic (exact) mass is 396 g/mol. The van der Waals surface area contributed by atoms with Crippen molar-refractivity contribution in [3.8, 4) is 0 Å². The number of benzene rings is 1. The second kappa shape index (κ2) is 11.1. The van der Waals surface area contributed by atoms with Crippen molar-refractivity contribution in [3.05, 3.63) is 29.8 Å². The van der Waals surface area contributed by atoms with Crippen molar-refractivity contribution in [2.45, 2.75) is 46.1 Å². The van der Waals surface area contributed by atoms with Gasteiger partial charge >= 0.3 is 6.03 Å². The number of anilines is 1. The van der Waals surface area contributed by atoms with Crippen LogP contribution < -0.4 is 16.4 Å². The van der Waals surface area contributed by atoms with E-state index in [1.165, 1.54) is 0 Å². The van der Waals surface area contributed by atoms with E-state index in [1.54, 1.807) is 4.90 Å². The molecule has 1 aliphatic rings. The Morgan fingerprint density at radius 1 is 1.33 bits per heavy atom. The number of piperidine rings is 1. The van der Waals surface area contributed by atoms with Crippen molar-refractivity contribution in [2.24, 2.45) is 17.6 Å². The Morgan fingerprint density at radius 3 is 2.70 bits per heavy atom. The fourth-order valence-corrected chi connectivity index (χ4v) is 3.40. The number of rotatable bonds is 6. The average molecular weight is 397 g/mol. The number of urea groups is 1. The van der Waals surface area contributed by atoms with Crippen LogP contribution in [-0.2, 0) is 4.79 Å². The molecular formula is C20H33ClN4O2. The largest absolute Gasteiger partial charge is 0.352 e. The third-order valence-corrected chi connectivity index (χ3v) is 4.74. The van der Waals surface area contributed by atoms with E-state index < -0.39 is 0 Å². The molecule has 0 radical (unpaired) electrons. The molecule has 0 bridgehead atoms. The van der Waals surface area contributed by atoms with Gasteiger partial charge in [0, 0.05) is 31.4 Å². The highest BCUT2D eigenvalue weighted by atomic mass is 35.5. The lowest BCUT2D eigenvalue weighted by molar-refractivity contribution is -0.127. The van der Waals surface area contributed by atoms with Crippen LogP contribution in [0.1, 0.15) is 38.7 Å². The molecule has 27 heavy (non-hydrogen) atoms. The summed E-state index contributed by atoms with van der Waals surface area (Å²) in [7, 11) is 0. The van der Waals surface area contributed by atoms with Crippen molar-refractivity contribution in [1.29, 1.82) is 0 Å². The van der Waals surface area contributed by atoms with Gasteiger partial charge in [-0.1, -0.05) is 26.0 Å². The third kappa shape index (κ3) is 7.39. The van der Waals surface area contributed by atoms with Gasteiger partial charge in [-0.25, -0.2) is 4.79 Å². The van der Waals surface area contributed by atoms with E-state index in [4.69, 9.17) is 5.73 Å². The Hall–Kier alpha value is -1.79. The number of carbonyl (C=O) groups is 2. The first kappa shape index (κ1) is 23.2. The smallest absolute Gasteiger partial charge is 0.321 e. The van der Waals surface area contributed by atoms with Crippen molar-refractivity contribution >= 4 is 30.0 Å². The fourth-order valence-electron chi connectivity index (χ4n) is 3.40. The Kier molecular flexibility index (Phi) is 9.60. The summed E-state index contributed by atoms with van der Waals surface area (Å²) in [5.74, 6) is 0.314. The molecule has 6 nitrogen and oxygen atoms in total. The molecule has 2 atom stereocenters. The van der Waals surface area contributed by atoms with Gasteiger partial charge in [0.2, 0.25) is 5.91 Å². The van der Waals surface area contributed by atoms with E-state index in [0.717, 1.165) is 30.5 Å². The number of nitrogens with two attached hydrogens (primary N) is 1. The predicted molar refractivity (Wildman–Crippen MR) is 112 cm³/mol. The van der Waals surface area contributed by atoms with Crippen LogP contribution in [0, 0.1) is 18.8 Å². The quantitative estimate of drug-likeness (QED) is 0.690. The third-order valence-electron chi connectivity index (χ3n) is 4.74. The molecule has 7 heteroatoms. The van der Waals surface area contributed by atoms with E-state index in [9.17, 15) is 9.59 Å². The highest BCUT2D eigenvalue weighted by Crippen LogP contribution is 2.19. The summed E-state index contributed by atoms with van der Waals surface area (Å²) >= 11 is 0. The first-order valence-electron chi connectivity index (χ1n) is 9.52. The Bertz CT molecular complexity index is 624. The lowest BCUT2D eigenvalue weighted by Crippen LogP contribution is -2.50. The number of hydrogen-bond acceptors (Lipinski definition) is 3. The standard InChI is InChI=1S/C20H32N4O2.ClH/c1-14(2)10-18(12-21)22-19(25)16-7-5-9-24(13-16)20(26)23-17-8-4-6-15(3)11-17;/h4,6,8,11,14,16,18H,5,7,9-10,12-13,21H2,1-3H3,(H,22,25)(H,23,26);1H. The molecule has 0 aliphatic carbocycles. The summed E-state index contributed by atoms with van der Waals surface area (Å²) in [4.78, 5) is 26.9. The van der Waals surface area contributed by atoms with Crippen LogP contribution in [0.5, 0.6) is 0 Å². The number of nitrogens with zero attached hydrogens (tertiary/aromatic N) is 1. The van der Waals surface area contributed by atoms with Crippen molar-refractivity contribution < 1.29 is 9.59 Å². The molecule has 2 unspecified atom stereocenters. The Morgan fingerprint density at radius 2 is 2.07 bits per heavy atom. The highest BCUT2D eigenvalue weighted by Gasteiger charge is 2.29. The van der Waals surface area contributed by atoms with Crippen LogP contribution in [-0.4, -0.2) is 42.5 Å². The summed E-state index contributed by atoms with van der Waals surface area (Å²) in [5, 5.41) is 5.99. The molecule has 0 spiro atoms. The lowest BCUT2D eigenvalue weighted by Gasteiger charge is -2.33. The maximum atomic E-state index is 12.6. The van der Waals surface area contributed by atoms with Gasteiger partial charge in [0.15, 0.2) is 0 Å². The van der Waals surface area contributed by atoms with E-state index in [0.29, 0.717) is 25.6 Å². The van der Waals surface area contributed by atoms with E-state index in [1.807, 2.05) is 31.2 Å². The lowest BCUT2D eigenvalue weighted by atomic mass is 9.96. The van der Waals surface area contributed by atoms with Crippen molar-refractivity contribution in [1.82, 2.24) is 10.2 Å². The summed E-state index contributed by atoms with van der Waals surface area (Å²) in [5.41, 5.74) is 7.66. The van der Waals surface area contributed by atoms with Crippen LogP contribution in [0.15, 0.2) is 24.3 Å². The molecule has 3 amide bonds. The SMILES string of the molecule is Cc1cccc(NC(=O)N2CCCC(C(=O)NC(CN)CC(C)C)C2)c1.Cl. The zero-order valence-corrected chi connectivity index (χ0v) is 17.3. The van der Waals surface area contributed by atoms with E-state index in [-0.39, 0.29) is 36.3 Å². The van der Waals surface area contributed by atoms with Gasteiger partial charge < -0.3 is 21.3 Å². The number of hydrogen-bond donors (Lipinski definition) is 3. The summed E-state index contributed by atoms with van der Waals surface area (Å²) in [6.45, 7) is 7.78. The van der Waals surface area contributed by atoms with Gasteiger partial charge in [-0.05, 0) is 49.8 Å².